The third kappa shape index (κ3) is 4.25. The molecule has 0 atom stereocenters. The van der Waals surface area contributed by atoms with Gasteiger partial charge >= 0.3 is 0 Å². The molecule has 1 aliphatic rings. The Balaban J connectivity index is 2.21. The van der Waals surface area contributed by atoms with Gasteiger partial charge in [-0.15, -0.1) is 0 Å². The van der Waals surface area contributed by atoms with Gasteiger partial charge in [-0.2, -0.15) is 0 Å². The number of carbonyl (C=O) groups is 1. The Morgan fingerprint density at radius 3 is 2.71 bits per heavy atom. The first kappa shape index (κ1) is 11.0. The summed E-state index contributed by atoms with van der Waals surface area (Å²) in [5, 5.41) is 5.93. The highest BCUT2D eigenvalue weighted by atomic mass is 16.2. The molecule has 4 heteroatoms. The third-order valence-corrected chi connectivity index (χ3v) is 1.84. The fraction of sp³-hybridized carbons (Fsp3) is 0.800. The van der Waals surface area contributed by atoms with Gasteiger partial charge in [0.2, 0.25) is 5.91 Å². The van der Waals surface area contributed by atoms with Crippen LogP contribution in [0.5, 0.6) is 0 Å². The lowest BCUT2D eigenvalue weighted by Crippen LogP contribution is -2.45. The molecule has 0 radical (unpaired) electrons. The van der Waals surface area contributed by atoms with E-state index in [1.54, 1.807) is 0 Å². The molecule has 1 rings (SSSR count). The number of hydrogen-bond donors (Lipinski definition) is 2. The minimum Gasteiger partial charge on any atom is -0.365 e. The van der Waals surface area contributed by atoms with Crippen LogP contribution in [-0.2, 0) is 4.79 Å². The highest BCUT2D eigenvalue weighted by Crippen LogP contribution is 2.01. The minimum absolute atomic E-state index is 0.0205. The lowest BCUT2D eigenvalue weighted by atomic mass is 10.1. The van der Waals surface area contributed by atoms with Gasteiger partial charge in [0.05, 0.1) is 12.4 Å². The molecular weight excluding hydrogens is 178 g/mol. The van der Waals surface area contributed by atoms with Gasteiger partial charge in [0.1, 0.15) is 0 Å². The molecule has 1 aliphatic heterocycles. The van der Waals surface area contributed by atoms with Gasteiger partial charge in [0.25, 0.3) is 0 Å². The van der Waals surface area contributed by atoms with E-state index >= 15 is 0 Å². The Morgan fingerprint density at radius 2 is 2.21 bits per heavy atom. The molecule has 0 aromatic heterocycles. The van der Waals surface area contributed by atoms with E-state index in [0.717, 1.165) is 25.2 Å². The Hall–Kier alpha value is -1.06. The number of hydrogen-bond acceptors (Lipinski definition) is 3. The van der Waals surface area contributed by atoms with Gasteiger partial charge < -0.3 is 10.6 Å². The van der Waals surface area contributed by atoms with Crippen molar-refractivity contribution in [2.45, 2.75) is 39.2 Å². The molecule has 80 valence electrons. The predicted molar refractivity (Wildman–Crippen MR) is 57.4 cm³/mol. The lowest BCUT2D eigenvalue weighted by Gasteiger charge is -2.20. The first-order valence-electron chi connectivity index (χ1n) is 5.05. The van der Waals surface area contributed by atoms with Gasteiger partial charge in [-0.3, -0.25) is 9.79 Å². The normalized spacial score (nSPS) is 16.4. The summed E-state index contributed by atoms with van der Waals surface area (Å²) in [5.74, 6) is 0.987. The van der Waals surface area contributed by atoms with E-state index in [9.17, 15) is 4.79 Å². The Labute approximate surface area is 85.2 Å². The minimum atomic E-state index is -0.156. The van der Waals surface area contributed by atoms with E-state index in [1.165, 1.54) is 0 Å². The predicted octanol–water partition coefficient (Wildman–Crippen LogP) is 0.683. The van der Waals surface area contributed by atoms with Crippen LogP contribution >= 0.6 is 0 Å². The van der Waals surface area contributed by atoms with Crippen molar-refractivity contribution in [2.75, 3.05) is 13.1 Å². The zero-order valence-corrected chi connectivity index (χ0v) is 9.18. The molecular formula is C10H19N3O. The van der Waals surface area contributed by atoms with Crippen molar-refractivity contribution in [3.05, 3.63) is 0 Å². The largest absolute Gasteiger partial charge is 0.365 e. The lowest BCUT2D eigenvalue weighted by molar-refractivity contribution is -0.121. The number of amidine groups is 1. The van der Waals surface area contributed by atoms with E-state index in [4.69, 9.17) is 0 Å². The molecule has 0 aliphatic carbocycles. The van der Waals surface area contributed by atoms with Crippen LogP contribution in [0, 0.1) is 0 Å². The molecule has 1 amide bonds. The molecule has 0 fully saturated rings. The first-order valence-corrected chi connectivity index (χ1v) is 5.05. The van der Waals surface area contributed by atoms with Crippen molar-refractivity contribution < 1.29 is 4.79 Å². The van der Waals surface area contributed by atoms with Crippen molar-refractivity contribution in [1.82, 2.24) is 10.6 Å². The van der Waals surface area contributed by atoms with E-state index in [-0.39, 0.29) is 11.4 Å². The number of nitrogens with one attached hydrogen (secondary N) is 2. The summed E-state index contributed by atoms with van der Waals surface area (Å²) in [4.78, 5) is 15.6. The zero-order valence-electron chi connectivity index (χ0n) is 9.18. The van der Waals surface area contributed by atoms with Crippen LogP contribution in [0.25, 0.3) is 0 Å². The molecule has 0 unspecified atom stereocenters. The van der Waals surface area contributed by atoms with Crippen LogP contribution in [0.3, 0.4) is 0 Å². The molecule has 14 heavy (non-hydrogen) atoms. The number of aliphatic imine (C=N–C) groups is 1. The maximum absolute atomic E-state index is 11.4. The number of nitrogens with zero attached hydrogens (tertiary/aromatic N) is 1. The monoisotopic (exact) mass is 197 g/mol. The van der Waals surface area contributed by atoms with E-state index in [0.29, 0.717) is 6.54 Å². The van der Waals surface area contributed by atoms with Crippen molar-refractivity contribution in [3.63, 3.8) is 0 Å². The summed E-state index contributed by atoms with van der Waals surface area (Å²) in [7, 11) is 0. The van der Waals surface area contributed by atoms with E-state index in [1.807, 2.05) is 20.8 Å². The van der Waals surface area contributed by atoms with E-state index in [2.05, 4.69) is 15.6 Å². The Kier molecular flexibility index (Phi) is 3.49. The van der Waals surface area contributed by atoms with Gasteiger partial charge in [0.15, 0.2) is 0 Å². The topological polar surface area (TPSA) is 53.5 Å². The van der Waals surface area contributed by atoms with Crippen LogP contribution in [0.15, 0.2) is 4.99 Å². The third-order valence-electron chi connectivity index (χ3n) is 1.84. The number of amides is 1. The fourth-order valence-electron chi connectivity index (χ4n) is 1.33. The quantitative estimate of drug-likeness (QED) is 0.684. The molecule has 2 N–H and O–H groups in total. The average molecular weight is 197 g/mol. The molecule has 4 nitrogen and oxygen atoms in total. The highest BCUT2D eigenvalue weighted by Gasteiger charge is 2.14. The van der Waals surface area contributed by atoms with Gasteiger partial charge in [-0.1, -0.05) is 0 Å². The maximum atomic E-state index is 11.4. The summed E-state index contributed by atoms with van der Waals surface area (Å²) in [5.41, 5.74) is -0.156. The second-order valence-corrected chi connectivity index (χ2v) is 4.58. The number of rotatable bonds is 2. The van der Waals surface area contributed by atoms with E-state index < -0.39 is 0 Å². The van der Waals surface area contributed by atoms with Crippen LogP contribution in [-0.4, -0.2) is 30.4 Å². The molecule has 0 saturated heterocycles. The molecule has 0 aromatic carbocycles. The maximum Gasteiger partial charge on any atom is 0.239 e. The van der Waals surface area contributed by atoms with Crippen molar-refractivity contribution in [3.8, 4) is 0 Å². The molecule has 0 spiro atoms. The van der Waals surface area contributed by atoms with Gasteiger partial charge in [0, 0.05) is 18.5 Å². The van der Waals surface area contributed by atoms with Crippen LogP contribution in [0.4, 0.5) is 0 Å². The fourth-order valence-corrected chi connectivity index (χ4v) is 1.33. The Morgan fingerprint density at radius 1 is 1.50 bits per heavy atom. The first-order chi connectivity index (χ1) is 6.47. The van der Waals surface area contributed by atoms with Gasteiger partial charge in [-0.25, -0.2) is 0 Å². The standard InChI is InChI=1S/C10H19N3O/c1-10(2,3)13-9(14)7-12-8-5-4-6-11-8/h4-7H2,1-3H3,(H,11,12)(H,13,14). The Bertz CT molecular complexity index is 240. The van der Waals surface area contributed by atoms with Crippen LogP contribution in [0.2, 0.25) is 0 Å². The molecule has 0 bridgehead atoms. The summed E-state index contributed by atoms with van der Waals surface area (Å²) in [6, 6.07) is 0. The summed E-state index contributed by atoms with van der Waals surface area (Å²) >= 11 is 0. The molecule has 0 aromatic rings. The average Bonchev–Trinajstić information content (AvgIpc) is 2.49. The van der Waals surface area contributed by atoms with Crippen molar-refractivity contribution >= 4 is 11.7 Å². The summed E-state index contributed by atoms with van der Waals surface area (Å²) in [6.07, 6.45) is 2.08. The number of carbonyl (C=O) groups excluding carboxylic acids is 1. The van der Waals surface area contributed by atoms with Crippen LogP contribution < -0.4 is 10.6 Å². The zero-order chi connectivity index (χ0) is 10.6. The van der Waals surface area contributed by atoms with Crippen LogP contribution in [0.1, 0.15) is 33.6 Å². The SMILES string of the molecule is CC(C)(C)NC(=O)CNC1=NCCC1. The van der Waals surface area contributed by atoms with Crippen molar-refractivity contribution in [2.24, 2.45) is 4.99 Å². The second-order valence-electron chi connectivity index (χ2n) is 4.58. The smallest absolute Gasteiger partial charge is 0.239 e. The summed E-state index contributed by atoms with van der Waals surface area (Å²) in [6.45, 7) is 7.13. The van der Waals surface area contributed by atoms with Crippen molar-refractivity contribution in [1.29, 1.82) is 0 Å². The second kappa shape index (κ2) is 4.44. The van der Waals surface area contributed by atoms with Gasteiger partial charge in [-0.05, 0) is 27.2 Å². The molecule has 1 heterocycles. The summed E-state index contributed by atoms with van der Waals surface area (Å²) < 4.78 is 0. The molecule has 0 saturated carbocycles. The highest BCUT2D eigenvalue weighted by molar-refractivity contribution is 5.88.